The molecule has 0 unspecified atom stereocenters. The van der Waals surface area contributed by atoms with Gasteiger partial charge in [0.2, 0.25) is 0 Å². The molecule has 2 aromatic carbocycles. The van der Waals surface area contributed by atoms with Crippen molar-refractivity contribution in [2.75, 3.05) is 13.7 Å². The number of carbonyl (C=O) groups is 2. The lowest BCUT2D eigenvalue weighted by atomic mass is 10.0. The average molecular weight is 554 g/mol. The SMILES string of the molecule is CCCCCCCCCCCCCCCCOc1ccc(C(=O)N[C@@H](Cc2ccccc2)[C@H](O)C(=O)OC)cc1. The van der Waals surface area contributed by atoms with Crippen LogP contribution in [0.1, 0.15) is 113 Å². The van der Waals surface area contributed by atoms with Gasteiger partial charge < -0.3 is 19.9 Å². The van der Waals surface area contributed by atoms with Crippen molar-refractivity contribution < 1.29 is 24.2 Å². The second kappa shape index (κ2) is 21.0. The standard InChI is InChI=1S/C34H51NO5/c1-3-4-5-6-7-8-9-10-11-12-13-14-15-19-26-40-30-24-22-29(23-25-30)33(37)35-31(32(36)34(38)39-2)27-28-20-17-16-18-21-28/h16-18,20-25,31-32,36H,3-15,19,26-27H2,1-2H3,(H,35,37)/t31-,32-/m0/s1. The number of ether oxygens (including phenoxy) is 2. The van der Waals surface area contributed by atoms with Crippen LogP contribution in [0.5, 0.6) is 5.75 Å². The Labute approximate surface area is 241 Å². The third kappa shape index (κ3) is 14.0. The summed E-state index contributed by atoms with van der Waals surface area (Å²) in [5.74, 6) is -0.433. The Morgan fingerprint density at radius 2 is 1.27 bits per heavy atom. The summed E-state index contributed by atoms with van der Waals surface area (Å²) >= 11 is 0. The fourth-order valence-electron chi connectivity index (χ4n) is 4.84. The Kier molecular flexibility index (Phi) is 17.5. The van der Waals surface area contributed by atoms with Crippen molar-refractivity contribution in [2.45, 2.75) is 115 Å². The van der Waals surface area contributed by atoms with Crippen LogP contribution >= 0.6 is 0 Å². The molecule has 0 heterocycles. The smallest absolute Gasteiger partial charge is 0.336 e. The predicted octanol–water partition coefficient (Wildman–Crippen LogP) is 7.42. The second-order valence-electron chi connectivity index (χ2n) is 10.7. The molecule has 0 aliphatic heterocycles. The van der Waals surface area contributed by atoms with Crippen molar-refractivity contribution in [1.82, 2.24) is 5.32 Å². The molecule has 1 amide bonds. The number of aliphatic hydroxyl groups is 1. The van der Waals surface area contributed by atoms with Crippen LogP contribution in [0, 0.1) is 0 Å². The number of aliphatic hydroxyl groups excluding tert-OH is 1. The van der Waals surface area contributed by atoms with Crippen molar-refractivity contribution in [3.63, 3.8) is 0 Å². The van der Waals surface area contributed by atoms with Crippen LogP contribution in [-0.2, 0) is 16.0 Å². The van der Waals surface area contributed by atoms with Gasteiger partial charge in [0.05, 0.1) is 19.8 Å². The molecule has 2 atom stereocenters. The highest BCUT2D eigenvalue weighted by Gasteiger charge is 2.29. The average Bonchev–Trinajstić information content (AvgIpc) is 2.98. The summed E-state index contributed by atoms with van der Waals surface area (Å²) in [6, 6.07) is 15.5. The van der Waals surface area contributed by atoms with E-state index < -0.39 is 18.1 Å². The van der Waals surface area contributed by atoms with E-state index in [4.69, 9.17) is 4.74 Å². The summed E-state index contributed by atoms with van der Waals surface area (Å²) in [7, 11) is 1.21. The van der Waals surface area contributed by atoms with Crippen LogP contribution < -0.4 is 10.1 Å². The van der Waals surface area contributed by atoms with Gasteiger partial charge in [-0.2, -0.15) is 0 Å². The van der Waals surface area contributed by atoms with Crippen molar-refractivity contribution in [3.8, 4) is 5.75 Å². The predicted molar refractivity (Wildman–Crippen MR) is 162 cm³/mol. The third-order valence-corrected chi connectivity index (χ3v) is 7.32. The number of methoxy groups -OCH3 is 1. The van der Waals surface area contributed by atoms with E-state index >= 15 is 0 Å². The van der Waals surface area contributed by atoms with Crippen molar-refractivity contribution in [1.29, 1.82) is 0 Å². The molecule has 6 nitrogen and oxygen atoms in total. The van der Waals surface area contributed by atoms with Gasteiger partial charge in [-0.15, -0.1) is 0 Å². The van der Waals surface area contributed by atoms with E-state index in [0.717, 1.165) is 17.7 Å². The minimum Gasteiger partial charge on any atom is -0.494 e. The molecule has 40 heavy (non-hydrogen) atoms. The zero-order chi connectivity index (χ0) is 28.8. The molecule has 0 aliphatic carbocycles. The monoisotopic (exact) mass is 553 g/mol. The van der Waals surface area contributed by atoms with E-state index in [9.17, 15) is 14.7 Å². The Morgan fingerprint density at radius 1 is 0.750 bits per heavy atom. The minimum atomic E-state index is -1.47. The highest BCUT2D eigenvalue weighted by molar-refractivity contribution is 5.95. The first-order valence-corrected chi connectivity index (χ1v) is 15.4. The molecule has 6 heteroatoms. The number of unbranched alkanes of at least 4 members (excludes halogenated alkanes) is 13. The quantitative estimate of drug-likeness (QED) is 0.117. The van der Waals surface area contributed by atoms with Gasteiger partial charge in [-0.1, -0.05) is 121 Å². The molecule has 2 aromatic rings. The van der Waals surface area contributed by atoms with Gasteiger partial charge in [0.15, 0.2) is 6.10 Å². The maximum atomic E-state index is 12.9. The maximum absolute atomic E-state index is 12.9. The van der Waals surface area contributed by atoms with Crippen molar-refractivity contribution in [3.05, 3.63) is 65.7 Å². The van der Waals surface area contributed by atoms with Crippen LogP contribution in [0.2, 0.25) is 0 Å². The van der Waals surface area contributed by atoms with Gasteiger partial charge in [-0.05, 0) is 42.7 Å². The number of benzene rings is 2. The van der Waals surface area contributed by atoms with Crippen molar-refractivity contribution in [2.24, 2.45) is 0 Å². The maximum Gasteiger partial charge on any atom is 0.336 e. The van der Waals surface area contributed by atoms with E-state index in [0.29, 0.717) is 18.6 Å². The lowest BCUT2D eigenvalue weighted by Crippen LogP contribution is -2.48. The number of carbonyl (C=O) groups excluding carboxylic acids is 2. The highest BCUT2D eigenvalue weighted by atomic mass is 16.5. The number of hydrogen-bond acceptors (Lipinski definition) is 5. The van der Waals surface area contributed by atoms with Gasteiger partial charge in [0.1, 0.15) is 5.75 Å². The summed E-state index contributed by atoms with van der Waals surface area (Å²) in [5.41, 5.74) is 1.32. The normalized spacial score (nSPS) is 12.5. The molecule has 222 valence electrons. The Balaban J connectivity index is 1.62. The largest absolute Gasteiger partial charge is 0.494 e. The zero-order valence-electron chi connectivity index (χ0n) is 24.7. The van der Waals surface area contributed by atoms with Crippen molar-refractivity contribution >= 4 is 11.9 Å². The van der Waals surface area contributed by atoms with Crippen LogP contribution in [-0.4, -0.2) is 42.8 Å². The van der Waals surface area contributed by atoms with Gasteiger partial charge >= 0.3 is 5.97 Å². The number of amides is 1. The summed E-state index contributed by atoms with van der Waals surface area (Å²) in [4.78, 5) is 24.8. The number of esters is 1. The number of rotatable bonds is 22. The Bertz CT molecular complexity index is 931. The fraction of sp³-hybridized carbons (Fsp3) is 0.588. The topological polar surface area (TPSA) is 84.9 Å². The molecule has 0 saturated heterocycles. The van der Waals surface area contributed by atoms with Crippen LogP contribution in [0.15, 0.2) is 54.6 Å². The van der Waals surface area contributed by atoms with E-state index in [2.05, 4.69) is 17.0 Å². The Hall–Kier alpha value is -2.86. The first-order valence-electron chi connectivity index (χ1n) is 15.4. The fourth-order valence-corrected chi connectivity index (χ4v) is 4.84. The highest BCUT2D eigenvalue weighted by Crippen LogP contribution is 2.16. The zero-order valence-corrected chi connectivity index (χ0v) is 24.7. The molecule has 0 bridgehead atoms. The van der Waals surface area contributed by atoms with Gasteiger partial charge in [0, 0.05) is 5.56 Å². The van der Waals surface area contributed by atoms with Gasteiger partial charge in [0.25, 0.3) is 5.91 Å². The lowest BCUT2D eigenvalue weighted by molar-refractivity contribution is -0.151. The molecule has 0 aliphatic rings. The molecule has 0 radical (unpaired) electrons. The van der Waals surface area contributed by atoms with E-state index in [1.165, 1.54) is 90.6 Å². The van der Waals surface area contributed by atoms with Crippen LogP contribution in [0.25, 0.3) is 0 Å². The third-order valence-electron chi connectivity index (χ3n) is 7.32. The summed E-state index contributed by atoms with van der Waals surface area (Å²) in [5, 5.41) is 13.2. The van der Waals surface area contributed by atoms with E-state index in [1.807, 2.05) is 30.3 Å². The molecule has 0 saturated carbocycles. The van der Waals surface area contributed by atoms with Crippen LogP contribution in [0.3, 0.4) is 0 Å². The second-order valence-corrected chi connectivity index (χ2v) is 10.7. The molecular formula is C34H51NO5. The Morgan fingerprint density at radius 3 is 1.80 bits per heavy atom. The van der Waals surface area contributed by atoms with Crippen LogP contribution in [0.4, 0.5) is 0 Å². The molecule has 0 fully saturated rings. The lowest BCUT2D eigenvalue weighted by Gasteiger charge is -2.23. The van der Waals surface area contributed by atoms with E-state index in [1.54, 1.807) is 24.3 Å². The molecule has 2 rings (SSSR count). The summed E-state index contributed by atoms with van der Waals surface area (Å²) in [6.07, 6.45) is 17.4. The van der Waals surface area contributed by atoms with Gasteiger partial charge in [-0.3, -0.25) is 4.79 Å². The first-order chi connectivity index (χ1) is 19.5. The minimum absolute atomic E-state index is 0.295. The van der Waals surface area contributed by atoms with E-state index in [-0.39, 0.29) is 5.91 Å². The molecular weight excluding hydrogens is 502 g/mol. The summed E-state index contributed by atoms with van der Waals surface area (Å²) < 4.78 is 10.5. The molecule has 0 spiro atoms. The number of nitrogens with one attached hydrogen (secondary N) is 1. The molecule has 2 N–H and O–H groups in total. The van der Waals surface area contributed by atoms with Gasteiger partial charge in [-0.25, -0.2) is 4.79 Å². The molecule has 0 aromatic heterocycles. The summed E-state index contributed by atoms with van der Waals surface area (Å²) in [6.45, 7) is 2.93. The number of hydrogen-bond donors (Lipinski definition) is 2. The first kappa shape index (κ1) is 33.3.